The number of hydrogen-bond acceptors (Lipinski definition) is 2. The molecule has 0 bridgehead atoms. The van der Waals surface area contributed by atoms with E-state index in [1.807, 2.05) is 32.0 Å². The lowest BCUT2D eigenvalue weighted by molar-refractivity contribution is -0.129. The zero-order valence-electron chi connectivity index (χ0n) is 9.70. The molecule has 1 aromatic rings. The summed E-state index contributed by atoms with van der Waals surface area (Å²) in [6, 6.07) is 7.38. The van der Waals surface area contributed by atoms with Crippen LogP contribution in [-0.2, 0) is 16.0 Å². The topological polar surface area (TPSA) is 26.3 Å². The van der Waals surface area contributed by atoms with Crippen molar-refractivity contribution in [1.82, 2.24) is 0 Å². The third-order valence-electron chi connectivity index (χ3n) is 2.37. The molecule has 0 saturated carbocycles. The van der Waals surface area contributed by atoms with Crippen LogP contribution >= 0.6 is 11.6 Å². The van der Waals surface area contributed by atoms with Gasteiger partial charge in [-0.2, -0.15) is 0 Å². The number of Topliss-reactive ketones (excluding diaryl/α,β-unsaturated/α-hetero) is 1. The Hall–Kier alpha value is -0.860. The molecule has 0 heterocycles. The smallest absolute Gasteiger partial charge is 0.165 e. The summed E-state index contributed by atoms with van der Waals surface area (Å²) in [4.78, 5) is 11.9. The standard InChI is InChI=1S/C13H17ClO2/c1-3-13(16-4-2)12(15)9-10-6-5-7-11(14)8-10/h5-8,13H,3-4,9H2,1-2H3. The van der Waals surface area contributed by atoms with Gasteiger partial charge >= 0.3 is 0 Å². The molecule has 0 aliphatic rings. The Bertz CT molecular complexity index is 350. The average molecular weight is 241 g/mol. The third-order valence-corrected chi connectivity index (χ3v) is 2.60. The number of hydrogen-bond donors (Lipinski definition) is 0. The molecule has 0 radical (unpaired) electrons. The number of carbonyl (C=O) groups is 1. The summed E-state index contributed by atoms with van der Waals surface area (Å²) in [5.74, 6) is 0.117. The van der Waals surface area contributed by atoms with E-state index in [9.17, 15) is 4.79 Å². The van der Waals surface area contributed by atoms with E-state index in [-0.39, 0.29) is 11.9 Å². The summed E-state index contributed by atoms with van der Waals surface area (Å²) in [5.41, 5.74) is 0.940. The Kier molecular flexibility index (Phi) is 5.50. The van der Waals surface area contributed by atoms with E-state index < -0.39 is 0 Å². The number of halogens is 1. The maximum Gasteiger partial charge on any atom is 0.165 e. The van der Waals surface area contributed by atoms with E-state index in [1.54, 1.807) is 6.07 Å². The number of benzene rings is 1. The first-order valence-corrected chi connectivity index (χ1v) is 5.94. The van der Waals surface area contributed by atoms with Gasteiger partial charge in [-0.05, 0) is 31.0 Å². The molecular weight excluding hydrogens is 224 g/mol. The molecule has 1 atom stereocenters. The van der Waals surface area contributed by atoms with Crippen LogP contribution in [-0.4, -0.2) is 18.5 Å². The summed E-state index contributed by atoms with van der Waals surface area (Å²) >= 11 is 5.86. The fourth-order valence-corrected chi connectivity index (χ4v) is 1.81. The van der Waals surface area contributed by atoms with Crippen molar-refractivity contribution in [2.24, 2.45) is 0 Å². The summed E-state index contributed by atoms with van der Waals surface area (Å²) in [6.45, 7) is 4.42. The molecule has 16 heavy (non-hydrogen) atoms. The highest BCUT2D eigenvalue weighted by Gasteiger charge is 2.16. The van der Waals surface area contributed by atoms with Gasteiger partial charge in [0.1, 0.15) is 6.10 Å². The van der Waals surface area contributed by atoms with Gasteiger partial charge in [0, 0.05) is 18.1 Å². The molecule has 0 N–H and O–H groups in total. The van der Waals surface area contributed by atoms with Gasteiger partial charge in [0.05, 0.1) is 0 Å². The van der Waals surface area contributed by atoms with Gasteiger partial charge in [0.2, 0.25) is 0 Å². The maximum atomic E-state index is 11.9. The lowest BCUT2D eigenvalue weighted by atomic mass is 10.0. The minimum absolute atomic E-state index is 0.117. The first-order chi connectivity index (χ1) is 7.67. The maximum absolute atomic E-state index is 11.9. The van der Waals surface area contributed by atoms with Crippen molar-refractivity contribution in [1.29, 1.82) is 0 Å². The van der Waals surface area contributed by atoms with Crippen LogP contribution in [0.25, 0.3) is 0 Å². The predicted molar refractivity (Wildman–Crippen MR) is 65.9 cm³/mol. The number of rotatable bonds is 6. The molecule has 88 valence electrons. The molecule has 1 rings (SSSR count). The molecule has 2 nitrogen and oxygen atoms in total. The van der Waals surface area contributed by atoms with E-state index in [4.69, 9.17) is 16.3 Å². The van der Waals surface area contributed by atoms with Crippen molar-refractivity contribution in [3.8, 4) is 0 Å². The number of ketones is 1. The summed E-state index contributed by atoms with van der Waals surface area (Å²) in [5, 5.41) is 0.662. The Morgan fingerprint density at radius 3 is 2.75 bits per heavy atom. The molecular formula is C13H17ClO2. The molecule has 0 aliphatic heterocycles. The van der Waals surface area contributed by atoms with E-state index in [2.05, 4.69) is 0 Å². The van der Waals surface area contributed by atoms with Gasteiger partial charge in [0.25, 0.3) is 0 Å². The van der Waals surface area contributed by atoms with Crippen molar-refractivity contribution >= 4 is 17.4 Å². The van der Waals surface area contributed by atoms with E-state index in [0.717, 1.165) is 5.56 Å². The number of ether oxygens (including phenoxy) is 1. The van der Waals surface area contributed by atoms with Crippen LogP contribution < -0.4 is 0 Å². The molecule has 0 fully saturated rings. The summed E-state index contributed by atoms with van der Waals surface area (Å²) in [7, 11) is 0. The van der Waals surface area contributed by atoms with Crippen molar-refractivity contribution in [2.45, 2.75) is 32.8 Å². The van der Waals surface area contributed by atoms with Crippen LogP contribution in [0.4, 0.5) is 0 Å². The largest absolute Gasteiger partial charge is 0.371 e. The van der Waals surface area contributed by atoms with Gasteiger partial charge in [-0.15, -0.1) is 0 Å². The average Bonchev–Trinajstić information content (AvgIpc) is 2.25. The highest BCUT2D eigenvalue weighted by molar-refractivity contribution is 6.30. The normalized spacial score (nSPS) is 12.4. The Labute approximate surface area is 102 Å². The van der Waals surface area contributed by atoms with Gasteiger partial charge in [-0.3, -0.25) is 4.79 Å². The molecule has 0 aromatic heterocycles. The minimum atomic E-state index is -0.288. The van der Waals surface area contributed by atoms with E-state index >= 15 is 0 Å². The molecule has 0 amide bonds. The fraction of sp³-hybridized carbons (Fsp3) is 0.462. The second-order valence-electron chi connectivity index (χ2n) is 3.63. The Morgan fingerprint density at radius 2 is 2.19 bits per heavy atom. The second kappa shape index (κ2) is 6.66. The van der Waals surface area contributed by atoms with Crippen LogP contribution in [0.1, 0.15) is 25.8 Å². The fourth-order valence-electron chi connectivity index (χ4n) is 1.60. The SMILES string of the molecule is CCOC(CC)C(=O)Cc1cccc(Cl)c1. The Morgan fingerprint density at radius 1 is 1.44 bits per heavy atom. The lowest BCUT2D eigenvalue weighted by Gasteiger charge is -2.13. The van der Waals surface area contributed by atoms with Crippen molar-refractivity contribution in [3.63, 3.8) is 0 Å². The van der Waals surface area contributed by atoms with Crippen LogP contribution in [0.3, 0.4) is 0 Å². The summed E-state index contributed by atoms with van der Waals surface area (Å²) in [6.07, 6.45) is 0.815. The van der Waals surface area contributed by atoms with Crippen molar-refractivity contribution in [2.75, 3.05) is 6.61 Å². The second-order valence-corrected chi connectivity index (χ2v) is 4.06. The molecule has 0 saturated heterocycles. The third kappa shape index (κ3) is 3.95. The molecule has 0 aliphatic carbocycles. The molecule has 1 unspecified atom stereocenters. The van der Waals surface area contributed by atoms with Gasteiger partial charge < -0.3 is 4.74 Å². The molecule has 0 spiro atoms. The monoisotopic (exact) mass is 240 g/mol. The van der Waals surface area contributed by atoms with Crippen molar-refractivity contribution < 1.29 is 9.53 Å². The molecule has 3 heteroatoms. The first-order valence-electron chi connectivity index (χ1n) is 5.56. The predicted octanol–water partition coefficient (Wildman–Crippen LogP) is 3.27. The van der Waals surface area contributed by atoms with Gasteiger partial charge in [0.15, 0.2) is 5.78 Å². The zero-order chi connectivity index (χ0) is 12.0. The van der Waals surface area contributed by atoms with Crippen LogP contribution in [0.15, 0.2) is 24.3 Å². The van der Waals surface area contributed by atoms with Crippen molar-refractivity contribution in [3.05, 3.63) is 34.9 Å². The first kappa shape index (κ1) is 13.2. The highest BCUT2D eigenvalue weighted by Crippen LogP contribution is 2.13. The quantitative estimate of drug-likeness (QED) is 0.763. The van der Waals surface area contributed by atoms with Gasteiger partial charge in [-0.25, -0.2) is 0 Å². The van der Waals surface area contributed by atoms with E-state index in [0.29, 0.717) is 24.5 Å². The van der Waals surface area contributed by atoms with Gasteiger partial charge in [-0.1, -0.05) is 30.7 Å². The van der Waals surface area contributed by atoms with E-state index in [1.165, 1.54) is 0 Å². The molecule has 1 aromatic carbocycles. The summed E-state index contributed by atoms with van der Waals surface area (Å²) < 4.78 is 5.37. The van der Waals surface area contributed by atoms with Crippen LogP contribution in [0.5, 0.6) is 0 Å². The highest BCUT2D eigenvalue weighted by atomic mass is 35.5. The minimum Gasteiger partial charge on any atom is -0.371 e. The van der Waals surface area contributed by atoms with Crippen LogP contribution in [0, 0.1) is 0 Å². The van der Waals surface area contributed by atoms with Crippen LogP contribution in [0.2, 0.25) is 5.02 Å². The lowest BCUT2D eigenvalue weighted by Crippen LogP contribution is -2.25. The zero-order valence-corrected chi connectivity index (χ0v) is 10.5. The Balaban J connectivity index is 2.62. The number of carbonyl (C=O) groups excluding carboxylic acids is 1.